The summed E-state index contributed by atoms with van der Waals surface area (Å²) in [6.07, 6.45) is 3.79. The van der Waals surface area contributed by atoms with E-state index in [4.69, 9.17) is 0 Å². The van der Waals surface area contributed by atoms with Crippen LogP contribution in [0.3, 0.4) is 0 Å². The van der Waals surface area contributed by atoms with Gasteiger partial charge in [-0.05, 0) is 42.5 Å². The van der Waals surface area contributed by atoms with Crippen molar-refractivity contribution in [3.05, 3.63) is 70.2 Å². The van der Waals surface area contributed by atoms with E-state index < -0.39 is 0 Å². The Morgan fingerprint density at radius 2 is 1.70 bits per heavy atom. The summed E-state index contributed by atoms with van der Waals surface area (Å²) in [5, 5.41) is 3.68. The van der Waals surface area contributed by atoms with Crippen LogP contribution in [0.5, 0.6) is 0 Å². The van der Waals surface area contributed by atoms with Crippen molar-refractivity contribution in [1.82, 2.24) is 5.32 Å². The molecule has 1 fully saturated rings. The van der Waals surface area contributed by atoms with E-state index in [0.29, 0.717) is 5.92 Å². The van der Waals surface area contributed by atoms with Crippen molar-refractivity contribution < 1.29 is 0 Å². The average molecular weight is 330 g/mol. The van der Waals surface area contributed by atoms with Crippen molar-refractivity contribution in [2.75, 3.05) is 6.54 Å². The van der Waals surface area contributed by atoms with Gasteiger partial charge >= 0.3 is 0 Å². The minimum Gasteiger partial charge on any atom is -0.313 e. The minimum atomic E-state index is 0.554. The zero-order chi connectivity index (χ0) is 13.8. The van der Waals surface area contributed by atoms with Crippen molar-refractivity contribution in [3.63, 3.8) is 0 Å². The van der Waals surface area contributed by atoms with Crippen LogP contribution in [0.15, 0.2) is 59.1 Å². The summed E-state index contributed by atoms with van der Waals surface area (Å²) >= 11 is 3.50. The van der Waals surface area contributed by atoms with Crippen LogP contribution in [0.4, 0.5) is 0 Å². The highest BCUT2D eigenvalue weighted by Gasteiger charge is 2.22. The molecule has 0 saturated heterocycles. The first-order valence-corrected chi connectivity index (χ1v) is 8.13. The lowest BCUT2D eigenvalue weighted by Crippen LogP contribution is -2.24. The van der Waals surface area contributed by atoms with E-state index in [9.17, 15) is 0 Å². The van der Waals surface area contributed by atoms with Crippen molar-refractivity contribution in [3.8, 4) is 0 Å². The van der Waals surface area contributed by atoms with Crippen molar-refractivity contribution in [1.29, 1.82) is 0 Å². The molecule has 20 heavy (non-hydrogen) atoms. The molecule has 0 amide bonds. The van der Waals surface area contributed by atoms with Crippen molar-refractivity contribution in [2.45, 2.75) is 31.2 Å². The second kappa shape index (κ2) is 6.55. The Balaban J connectivity index is 1.72. The molecule has 2 aromatic carbocycles. The lowest BCUT2D eigenvalue weighted by atomic mass is 9.92. The second-order valence-electron chi connectivity index (χ2n) is 5.62. The summed E-state index contributed by atoms with van der Waals surface area (Å²) in [6.45, 7) is 1.07. The molecule has 1 saturated carbocycles. The Kier molecular flexibility index (Phi) is 4.54. The quantitative estimate of drug-likeness (QED) is 0.821. The average Bonchev–Trinajstić information content (AvgIpc) is 3.31. The summed E-state index contributed by atoms with van der Waals surface area (Å²) in [5.41, 5.74) is 2.84. The zero-order valence-corrected chi connectivity index (χ0v) is 13.1. The van der Waals surface area contributed by atoms with E-state index in [0.717, 1.165) is 23.5 Å². The van der Waals surface area contributed by atoms with Gasteiger partial charge in [-0.15, -0.1) is 0 Å². The first-order chi connectivity index (χ1) is 9.81. The highest BCUT2D eigenvalue weighted by molar-refractivity contribution is 9.10. The van der Waals surface area contributed by atoms with Crippen molar-refractivity contribution >= 4 is 15.9 Å². The first-order valence-electron chi connectivity index (χ1n) is 7.34. The van der Waals surface area contributed by atoms with Crippen molar-refractivity contribution in [2.24, 2.45) is 0 Å². The van der Waals surface area contributed by atoms with E-state index in [1.807, 2.05) is 0 Å². The van der Waals surface area contributed by atoms with Gasteiger partial charge in [0.05, 0.1) is 0 Å². The Morgan fingerprint density at radius 3 is 2.35 bits per heavy atom. The highest BCUT2D eigenvalue weighted by atomic mass is 79.9. The maximum Gasteiger partial charge on any atom is 0.0175 e. The number of nitrogens with one attached hydrogen (secondary N) is 1. The Morgan fingerprint density at radius 1 is 1.00 bits per heavy atom. The summed E-state index contributed by atoms with van der Waals surface area (Å²) in [4.78, 5) is 0. The molecular formula is C18H20BrN. The second-order valence-corrected chi connectivity index (χ2v) is 6.54. The molecule has 3 rings (SSSR count). The molecule has 0 spiro atoms. The SMILES string of the molecule is Brc1ccc(CC(CNC2CC2)c2ccccc2)cc1. The monoisotopic (exact) mass is 329 g/mol. The molecule has 0 heterocycles. The fourth-order valence-electron chi connectivity index (χ4n) is 2.53. The topological polar surface area (TPSA) is 12.0 Å². The molecule has 0 aromatic heterocycles. The smallest absolute Gasteiger partial charge is 0.0175 e. The van der Waals surface area contributed by atoms with Crippen LogP contribution in [0.25, 0.3) is 0 Å². The van der Waals surface area contributed by atoms with E-state index in [2.05, 4.69) is 75.8 Å². The predicted molar refractivity (Wildman–Crippen MR) is 88.1 cm³/mol. The standard InChI is InChI=1S/C18H20BrN/c19-17-8-6-14(7-9-17)12-16(13-20-18-10-11-18)15-4-2-1-3-5-15/h1-9,16,18,20H,10-13H2. The summed E-state index contributed by atoms with van der Waals surface area (Å²) in [6, 6.07) is 20.3. The molecule has 104 valence electrons. The molecule has 0 aliphatic heterocycles. The minimum absolute atomic E-state index is 0.554. The molecule has 2 aromatic rings. The van der Waals surface area contributed by atoms with Gasteiger partial charge in [-0.25, -0.2) is 0 Å². The highest BCUT2D eigenvalue weighted by Crippen LogP contribution is 2.24. The van der Waals surface area contributed by atoms with Gasteiger partial charge < -0.3 is 5.32 Å². The molecule has 0 radical (unpaired) electrons. The number of hydrogen-bond donors (Lipinski definition) is 1. The number of hydrogen-bond acceptors (Lipinski definition) is 1. The Hall–Kier alpha value is -1.12. The largest absolute Gasteiger partial charge is 0.313 e. The maximum atomic E-state index is 3.68. The first kappa shape index (κ1) is 13.8. The van der Waals surface area contributed by atoms with Gasteiger partial charge in [0, 0.05) is 23.0 Å². The van der Waals surface area contributed by atoms with Crippen LogP contribution < -0.4 is 5.32 Å². The molecule has 0 bridgehead atoms. The lowest BCUT2D eigenvalue weighted by Gasteiger charge is -2.18. The lowest BCUT2D eigenvalue weighted by molar-refractivity contribution is 0.577. The van der Waals surface area contributed by atoms with Gasteiger partial charge in [0.25, 0.3) is 0 Å². The van der Waals surface area contributed by atoms with Crippen LogP contribution in [0.2, 0.25) is 0 Å². The Labute approximate surface area is 129 Å². The molecular weight excluding hydrogens is 310 g/mol. The van der Waals surface area contributed by atoms with Crippen LogP contribution in [-0.2, 0) is 6.42 Å². The normalized spacial score (nSPS) is 16.1. The van der Waals surface area contributed by atoms with Gasteiger partial charge in [0.1, 0.15) is 0 Å². The van der Waals surface area contributed by atoms with Gasteiger partial charge in [0.2, 0.25) is 0 Å². The molecule has 1 aliphatic rings. The fourth-order valence-corrected chi connectivity index (χ4v) is 2.80. The number of benzene rings is 2. The maximum absolute atomic E-state index is 3.68. The van der Waals surface area contributed by atoms with Gasteiger partial charge in [0.15, 0.2) is 0 Å². The zero-order valence-electron chi connectivity index (χ0n) is 11.6. The molecule has 1 nitrogen and oxygen atoms in total. The number of halogens is 1. The summed E-state index contributed by atoms with van der Waals surface area (Å²) in [5.74, 6) is 0.554. The summed E-state index contributed by atoms with van der Waals surface area (Å²) < 4.78 is 1.15. The van der Waals surface area contributed by atoms with Gasteiger partial charge in [-0.2, -0.15) is 0 Å². The van der Waals surface area contributed by atoms with Crippen LogP contribution in [0, 0.1) is 0 Å². The third-order valence-electron chi connectivity index (χ3n) is 3.90. The molecule has 2 heteroatoms. The molecule has 1 unspecified atom stereocenters. The van der Waals surface area contributed by atoms with Crippen LogP contribution >= 0.6 is 15.9 Å². The third kappa shape index (κ3) is 3.94. The van der Waals surface area contributed by atoms with E-state index >= 15 is 0 Å². The number of rotatable bonds is 6. The van der Waals surface area contributed by atoms with Crippen LogP contribution in [0.1, 0.15) is 29.9 Å². The molecule has 1 aliphatic carbocycles. The predicted octanol–water partition coefficient (Wildman–Crippen LogP) is 4.53. The van der Waals surface area contributed by atoms with Crippen LogP contribution in [-0.4, -0.2) is 12.6 Å². The fraction of sp³-hybridized carbons (Fsp3) is 0.333. The molecule has 1 N–H and O–H groups in total. The Bertz CT molecular complexity index is 531. The van der Waals surface area contributed by atoms with E-state index in [1.165, 1.54) is 24.0 Å². The summed E-state index contributed by atoms with van der Waals surface area (Å²) in [7, 11) is 0. The van der Waals surface area contributed by atoms with Gasteiger partial charge in [-0.1, -0.05) is 58.4 Å². The van der Waals surface area contributed by atoms with E-state index in [-0.39, 0.29) is 0 Å². The van der Waals surface area contributed by atoms with Gasteiger partial charge in [-0.3, -0.25) is 0 Å². The molecule has 1 atom stereocenters. The van der Waals surface area contributed by atoms with E-state index in [1.54, 1.807) is 0 Å². The third-order valence-corrected chi connectivity index (χ3v) is 4.43.